The second kappa shape index (κ2) is 11.3. The Morgan fingerprint density at radius 3 is 2.30 bits per heavy atom. The van der Waals surface area contributed by atoms with Crippen LogP contribution >= 0.6 is 0 Å². The Balaban J connectivity index is 2.54. The van der Waals surface area contributed by atoms with Crippen LogP contribution in [0.15, 0.2) is 58.7 Å². The molecule has 0 spiro atoms. The molecule has 0 atom stereocenters. The summed E-state index contributed by atoms with van der Waals surface area (Å²) in [7, 11) is 0. The van der Waals surface area contributed by atoms with E-state index in [0.717, 1.165) is 13.0 Å². The van der Waals surface area contributed by atoms with E-state index in [1.165, 1.54) is 36.0 Å². The molecule has 0 aromatic rings. The first-order valence-corrected chi connectivity index (χ1v) is 11.7. The van der Waals surface area contributed by atoms with Gasteiger partial charge in [-0.05, 0) is 68.3 Å². The molecule has 0 aliphatic heterocycles. The smallest absolute Gasteiger partial charge is 0.0653 e. The zero-order valence-corrected chi connectivity index (χ0v) is 21.6. The van der Waals surface area contributed by atoms with Crippen LogP contribution in [0, 0.1) is 16.2 Å². The van der Waals surface area contributed by atoms with Gasteiger partial charge in [0.25, 0.3) is 0 Å². The van der Waals surface area contributed by atoms with E-state index in [4.69, 9.17) is 4.74 Å². The summed E-state index contributed by atoms with van der Waals surface area (Å²) in [6, 6.07) is 0. The molecular weight excluding hydrogens is 364 g/mol. The normalized spacial score (nSPS) is 19.4. The van der Waals surface area contributed by atoms with Crippen molar-refractivity contribution >= 4 is 0 Å². The van der Waals surface area contributed by atoms with Crippen LogP contribution < -0.4 is 0 Å². The average Bonchev–Trinajstić information content (AvgIpc) is 2.55. The maximum atomic E-state index is 5.94. The quantitative estimate of drug-likeness (QED) is 0.271. The highest BCUT2D eigenvalue weighted by Gasteiger charge is 2.26. The monoisotopic (exact) mass is 412 g/mol. The van der Waals surface area contributed by atoms with Crippen molar-refractivity contribution in [1.82, 2.24) is 0 Å². The van der Waals surface area contributed by atoms with Crippen molar-refractivity contribution in [1.29, 1.82) is 0 Å². The van der Waals surface area contributed by atoms with Crippen LogP contribution in [0.3, 0.4) is 0 Å². The third kappa shape index (κ3) is 10.6. The van der Waals surface area contributed by atoms with Crippen molar-refractivity contribution in [2.24, 2.45) is 16.2 Å². The lowest BCUT2D eigenvalue weighted by Crippen LogP contribution is -2.25. The van der Waals surface area contributed by atoms with E-state index >= 15 is 0 Å². The van der Waals surface area contributed by atoms with Gasteiger partial charge in [0.15, 0.2) is 0 Å². The van der Waals surface area contributed by atoms with Crippen LogP contribution in [0.5, 0.6) is 0 Å². The molecule has 0 heterocycles. The van der Waals surface area contributed by atoms with E-state index in [-0.39, 0.29) is 5.41 Å². The Hall–Kier alpha value is -1.34. The lowest BCUT2D eigenvalue weighted by Gasteiger charge is -2.32. The SMILES string of the molecule is CC1=C(/C=C/C(C)=C/C=C/C(C)=C/COCC(C)(C)CC(C)(C)C)C(C)(C)CCC1. The standard InChI is InChI=1S/C29H48O/c1-23(16-17-26-25(3)15-12-19-29(26,9)10)13-11-14-24(2)18-20-30-22-28(7,8)21-27(4,5)6/h11,13-14,16-18H,12,15,19-22H2,1-10H3/b14-11+,17-16+,23-13+,24-18+. The molecule has 1 aliphatic rings. The second-order valence-electron chi connectivity index (χ2n) is 11.9. The third-order valence-electron chi connectivity index (χ3n) is 5.80. The highest BCUT2D eigenvalue weighted by molar-refractivity contribution is 5.37. The molecule has 0 fully saturated rings. The lowest BCUT2D eigenvalue weighted by atomic mass is 9.72. The summed E-state index contributed by atoms with van der Waals surface area (Å²) in [5.41, 5.74) is 6.44. The van der Waals surface area contributed by atoms with Gasteiger partial charge in [-0.1, -0.05) is 102 Å². The summed E-state index contributed by atoms with van der Waals surface area (Å²) in [5.74, 6) is 0. The second-order valence-corrected chi connectivity index (χ2v) is 11.9. The number of ether oxygens (including phenoxy) is 1. The molecule has 1 heteroatoms. The minimum atomic E-state index is 0.211. The van der Waals surface area contributed by atoms with E-state index in [0.29, 0.717) is 17.4 Å². The first-order chi connectivity index (χ1) is 13.7. The number of hydrogen-bond acceptors (Lipinski definition) is 1. The van der Waals surface area contributed by atoms with Crippen LogP contribution in [0.1, 0.15) is 94.9 Å². The fraction of sp³-hybridized carbons (Fsp3) is 0.655. The molecule has 0 bridgehead atoms. The van der Waals surface area contributed by atoms with Crippen LogP contribution in [-0.2, 0) is 4.74 Å². The summed E-state index contributed by atoms with van der Waals surface area (Å²) in [5, 5.41) is 0. The first-order valence-electron chi connectivity index (χ1n) is 11.7. The molecule has 1 aliphatic carbocycles. The molecule has 0 N–H and O–H groups in total. The Morgan fingerprint density at radius 1 is 1.03 bits per heavy atom. The van der Waals surface area contributed by atoms with Gasteiger partial charge in [-0.2, -0.15) is 0 Å². The molecule has 30 heavy (non-hydrogen) atoms. The predicted molar refractivity (Wildman–Crippen MR) is 135 cm³/mol. The third-order valence-corrected chi connectivity index (χ3v) is 5.80. The number of allylic oxidation sites excluding steroid dienone is 9. The molecule has 0 radical (unpaired) electrons. The molecule has 0 saturated carbocycles. The first kappa shape index (κ1) is 26.7. The summed E-state index contributed by atoms with van der Waals surface area (Å²) in [4.78, 5) is 0. The molecule has 170 valence electrons. The van der Waals surface area contributed by atoms with Gasteiger partial charge in [0.2, 0.25) is 0 Å². The predicted octanol–water partition coefficient (Wildman–Crippen LogP) is 9.00. The summed E-state index contributed by atoms with van der Waals surface area (Å²) < 4.78 is 5.94. The van der Waals surface area contributed by atoms with E-state index in [9.17, 15) is 0 Å². The fourth-order valence-electron chi connectivity index (χ4n) is 4.71. The minimum absolute atomic E-state index is 0.211. The Kier molecular flexibility index (Phi) is 10.1. The van der Waals surface area contributed by atoms with Gasteiger partial charge >= 0.3 is 0 Å². The molecule has 0 unspecified atom stereocenters. The van der Waals surface area contributed by atoms with Crippen molar-refractivity contribution in [3.63, 3.8) is 0 Å². The topological polar surface area (TPSA) is 9.23 Å². The molecule has 0 amide bonds. The van der Waals surface area contributed by atoms with E-state index in [1.807, 2.05) is 0 Å². The van der Waals surface area contributed by atoms with Crippen LogP contribution in [0.25, 0.3) is 0 Å². The maximum absolute atomic E-state index is 5.94. The molecule has 1 nitrogen and oxygen atoms in total. The van der Waals surface area contributed by atoms with Crippen LogP contribution in [0.2, 0.25) is 0 Å². The van der Waals surface area contributed by atoms with E-state index in [1.54, 1.807) is 5.57 Å². The Bertz CT molecular complexity index is 699. The van der Waals surface area contributed by atoms with Gasteiger partial charge in [-0.25, -0.2) is 0 Å². The zero-order valence-electron chi connectivity index (χ0n) is 21.6. The Morgan fingerprint density at radius 2 is 1.70 bits per heavy atom. The summed E-state index contributed by atoms with van der Waals surface area (Å²) >= 11 is 0. The van der Waals surface area contributed by atoms with Gasteiger partial charge in [-0.3, -0.25) is 0 Å². The van der Waals surface area contributed by atoms with Gasteiger partial charge in [0.1, 0.15) is 0 Å². The maximum Gasteiger partial charge on any atom is 0.0653 e. The minimum Gasteiger partial charge on any atom is -0.377 e. The van der Waals surface area contributed by atoms with Gasteiger partial charge < -0.3 is 4.74 Å². The average molecular weight is 413 g/mol. The highest BCUT2D eigenvalue weighted by atomic mass is 16.5. The highest BCUT2D eigenvalue weighted by Crippen LogP contribution is 2.40. The molecular formula is C29H48O. The summed E-state index contributed by atoms with van der Waals surface area (Å²) in [6.45, 7) is 24.3. The van der Waals surface area contributed by atoms with Crippen molar-refractivity contribution in [3.05, 3.63) is 58.7 Å². The molecule has 0 aromatic carbocycles. The number of rotatable bonds is 9. The largest absolute Gasteiger partial charge is 0.377 e. The fourth-order valence-corrected chi connectivity index (χ4v) is 4.71. The van der Waals surface area contributed by atoms with Crippen molar-refractivity contribution < 1.29 is 4.74 Å². The van der Waals surface area contributed by atoms with E-state index < -0.39 is 0 Å². The van der Waals surface area contributed by atoms with Gasteiger partial charge in [0.05, 0.1) is 13.2 Å². The summed E-state index contributed by atoms with van der Waals surface area (Å²) in [6.07, 6.45) is 18.3. The molecule has 0 aromatic heterocycles. The van der Waals surface area contributed by atoms with Gasteiger partial charge in [-0.15, -0.1) is 0 Å². The van der Waals surface area contributed by atoms with Crippen LogP contribution in [-0.4, -0.2) is 13.2 Å². The molecule has 0 saturated heterocycles. The van der Waals surface area contributed by atoms with Crippen molar-refractivity contribution in [3.8, 4) is 0 Å². The Labute approximate surface area is 188 Å². The molecule has 1 rings (SSSR count). The van der Waals surface area contributed by atoms with Crippen molar-refractivity contribution in [2.75, 3.05) is 13.2 Å². The van der Waals surface area contributed by atoms with Crippen LogP contribution in [0.4, 0.5) is 0 Å². The zero-order chi connectivity index (χ0) is 23.0. The van der Waals surface area contributed by atoms with Crippen molar-refractivity contribution in [2.45, 2.75) is 94.9 Å². The number of hydrogen-bond donors (Lipinski definition) is 0. The lowest BCUT2D eigenvalue weighted by molar-refractivity contribution is 0.0540. The van der Waals surface area contributed by atoms with Gasteiger partial charge in [0, 0.05) is 0 Å². The van der Waals surface area contributed by atoms with E-state index in [2.05, 4.69) is 106 Å².